The van der Waals surface area contributed by atoms with Crippen LogP contribution in [0.15, 0.2) is 24.3 Å². The lowest BCUT2D eigenvalue weighted by Crippen LogP contribution is -2.09. The monoisotopic (exact) mass is 304 g/mol. The van der Waals surface area contributed by atoms with Gasteiger partial charge in [-0.2, -0.15) is 5.26 Å². The van der Waals surface area contributed by atoms with Crippen molar-refractivity contribution in [1.29, 1.82) is 5.26 Å². The molecule has 1 aromatic carbocycles. The van der Waals surface area contributed by atoms with E-state index in [1.54, 1.807) is 10.7 Å². The van der Waals surface area contributed by atoms with Crippen LogP contribution in [0.5, 0.6) is 5.88 Å². The van der Waals surface area contributed by atoms with Crippen molar-refractivity contribution in [3.05, 3.63) is 40.4 Å². The molecule has 5 nitrogen and oxygen atoms in total. The normalized spacial score (nSPS) is 11.9. The summed E-state index contributed by atoms with van der Waals surface area (Å²) in [6.07, 6.45) is 0.866. The minimum absolute atomic E-state index is 0.112. The van der Waals surface area contributed by atoms with E-state index >= 15 is 0 Å². The average Bonchev–Trinajstić information content (AvgIpc) is 2.80. The molecule has 2 rings (SSSR count). The van der Waals surface area contributed by atoms with Crippen LogP contribution in [0.2, 0.25) is 5.02 Å². The van der Waals surface area contributed by atoms with Crippen molar-refractivity contribution >= 4 is 17.4 Å². The number of aromatic nitrogens is 2. The van der Waals surface area contributed by atoms with E-state index in [0.29, 0.717) is 10.8 Å². The van der Waals surface area contributed by atoms with E-state index in [9.17, 15) is 5.26 Å². The highest BCUT2D eigenvalue weighted by Crippen LogP contribution is 2.27. The van der Waals surface area contributed by atoms with Crippen LogP contribution in [0.1, 0.15) is 37.4 Å². The fraction of sp³-hybridized carbons (Fsp3) is 0.333. The molecular formula is C15H17ClN4O. The molecular weight excluding hydrogens is 288 g/mol. The number of nitrogens with zero attached hydrogens (tertiary/aromatic N) is 3. The average molecular weight is 305 g/mol. The molecule has 0 aliphatic rings. The number of nitriles is 1. The quantitative estimate of drug-likeness (QED) is 0.916. The first-order chi connectivity index (χ1) is 10.1. The topological polar surface area (TPSA) is 76.9 Å². The van der Waals surface area contributed by atoms with Gasteiger partial charge in [0.25, 0.3) is 5.88 Å². The highest BCUT2D eigenvalue weighted by atomic mass is 35.5. The van der Waals surface area contributed by atoms with Gasteiger partial charge in [0.15, 0.2) is 5.56 Å². The van der Waals surface area contributed by atoms with Gasteiger partial charge in [0.2, 0.25) is 0 Å². The maximum atomic E-state index is 9.22. The summed E-state index contributed by atoms with van der Waals surface area (Å²) in [7, 11) is 0. The molecule has 0 bridgehead atoms. The highest BCUT2D eigenvalue weighted by molar-refractivity contribution is 6.30. The summed E-state index contributed by atoms with van der Waals surface area (Å²) in [6.45, 7) is 4.31. The molecule has 0 unspecified atom stereocenters. The van der Waals surface area contributed by atoms with Crippen LogP contribution in [0, 0.1) is 11.3 Å². The van der Waals surface area contributed by atoms with Crippen LogP contribution < -0.4 is 10.5 Å². The molecule has 110 valence electrons. The van der Waals surface area contributed by atoms with Gasteiger partial charge in [-0.25, -0.2) is 4.68 Å². The van der Waals surface area contributed by atoms with E-state index in [-0.39, 0.29) is 24.1 Å². The van der Waals surface area contributed by atoms with E-state index < -0.39 is 0 Å². The van der Waals surface area contributed by atoms with Gasteiger partial charge < -0.3 is 10.5 Å². The van der Waals surface area contributed by atoms with Gasteiger partial charge in [-0.15, -0.1) is 5.10 Å². The van der Waals surface area contributed by atoms with Crippen LogP contribution in [0.25, 0.3) is 0 Å². The molecule has 2 aromatic rings. The third-order valence-corrected chi connectivity index (χ3v) is 3.54. The summed E-state index contributed by atoms with van der Waals surface area (Å²) < 4.78 is 7.26. The number of hydrogen-bond donors (Lipinski definition) is 1. The largest absolute Gasteiger partial charge is 0.471 e. The summed E-state index contributed by atoms with van der Waals surface area (Å²) in [5, 5.41) is 14.2. The second kappa shape index (κ2) is 6.51. The lowest BCUT2D eigenvalue weighted by Gasteiger charge is -2.10. The van der Waals surface area contributed by atoms with Gasteiger partial charge in [-0.05, 0) is 31.0 Å². The Morgan fingerprint density at radius 1 is 1.52 bits per heavy atom. The molecule has 0 fully saturated rings. The van der Waals surface area contributed by atoms with Crippen molar-refractivity contribution in [2.24, 2.45) is 0 Å². The summed E-state index contributed by atoms with van der Waals surface area (Å²) >= 11 is 5.93. The third-order valence-electron chi connectivity index (χ3n) is 3.30. The lowest BCUT2D eigenvalue weighted by molar-refractivity contribution is 0.286. The fourth-order valence-electron chi connectivity index (χ4n) is 1.92. The molecule has 0 aliphatic carbocycles. The Hall–Kier alpha value is -2.19. The van der Waals surface area contributed by atoms with Crippen LogP contribution in [-0.4, -0.2) is 9.78 Å². The van der Waals surface area contributed by atoms with Crippen LogP contribution in [-0.2, 0) is 6.61 Å². The second-order valence-corrected chi connectivity index (χ2v) is 5.23. The van der Waals surface area contributed by atoms with Gasteiger partial charge in [0.05, 0.1) is 6.04 Å². The van der Waals surface area contributed by atoms with Crippen molar-refractivity contribution < 1.29 is 4.74 Å². The number of rotatable bonds is 5. The summed E-state index contributed by atoms with van der Waals surface area (Å²) in [5.74, 6) is 0.600. The second-order valence-electron chi connectivity index (χ2n) is 4.80. The molecule has 1 aromatic heterocycles. The minimum Gasteiger partial charge on any atom is -0.471 e. The molecule has 0 saturated carbocycles. The zero-order valence-corrected chi connectivity index (χ0v) is 12.8. The molecule has 21 heavy (non-hydrogen) atoms. The van der Waals surface area contributed by atoms with Crippen molar-refractivity contribution in [3.8, 4) is 11.9 Å². The van der Waals surface area contributed by atoms with Crippen molar-refractivity contribution in [1.82, 2.24) is 9.78 Å². The molecule has 0 saturated heterocycles. The van der Waals surface area contributed by atoms with E-state index in [0.717, 1.165) is 12.0 Å². The number of nitrogen functional groups attached to an aromatic ring is 1. The zero-order valence-electron chi connectivity index (χ0n) is 12.0. The molecule has 0 aliphatic heterocycles. The van der Waals surface area contributed by atoms with Gasteiger partial charge in [-0.1, -0.05) is 30.7 Å². The van der Waals surface area contributed by atoms with Crippen molar-refractivity contribution in [2.75, 3.05) is 5.73 Å². The van der Waals surface area contributed by atoms with E-state index in [2.05, 4.69) is 11.2 Å². The molecule has 6 heteroatoms. The summed E-state index contributed by atoms with van der Waals surface area (Å²) in [6, 6.07) is 9.51. The minimum atomic E-state index is 0.112. The van der Waals surface area contributed by atoms with Gasteiger partial charge >= 0.3 is 0 Å². The first-order valence-electron chi connectivity index (χ1n) is 6.72. The third kappa shape index (κ3) is 3.29. The number of nitrogens with two attached hydrogens (primary N) is 1. The number of anilines is 1. The molecule has 1 atom stereocenters. The van der Waals surface area contributed by atoms with Gasteiger partial charge in [-0.3, -0.25) is 0 Å². The predicted molar refractivity (Wildman–Crippen MR) is 82.1 cm³/mol. The Balaban J connectivity index is 2.22. The van der Waals surface area contributed by atoms with E-state index in [4.69, 9.17) is 22.1 Å². The molecule has 0 radical (unpaired) electrons. The number of hydrogen-bond acceptors (Lipinski definition) is 4. The standard InChI is InChI=1S/C15H17ClN4O/c1-3-10(2)20-14(18)13(8-17)15(19-20)21-9-11-5-4-6-12(16)7-11/h4-7,10H,3,9,18H2,1-2H3/t10-/m0/s1. The van der Waals surface area contributed by atoms with Crippen LogP contribution in [0.3, 0.4) is 0 Å². The predicted octanol–water partition coefficient (Wildman–Crippen LogP) is 3.54. The number of benzene rings is 1. The number of ether oxygens (including phenoxy) is 1. The van der Waals surface area contributed by atoms with Gasteiger partial charge in [0.1, 0.15) is 18.5 Å². The SMILES string of the molecule is CC[C@H](C)n1nc(OCc2cccc(Cl)c2)c(C#N)c1N. The Morgan fingerprint density at radius 2 is 2.29 bits per heavy atom. The zero-order chi connectivity index (χ0) is 15.4. The van der Waals surface area contributed by atoms with Crippen molar-refractivity contribution in [2.45, 2.75) is 32.9 Å². The van der Waals surface area contributed by atoms with E-state index in [1.165, 1.54) is 0 Å². The first-order valence-corrected chi connectivity index (χ1v) is 7.10. The molecule has 0 spiro atoms. The molecule has 1 heterocycles. The van der Waals surface area contributed by atoms with E-state index in [1.807, 2.05) is 32.0 Å². The van der Waals surface area contributed by atoms with Gasteiger partial charge in [0, 0.05) is 5.02 Å². The summed E-state index contributed by atoms with van der Waals surface area (Å²) in [4.78, 5) is 0. The smallest absolute Gasteiger partial charge is 0.253 e. The highest BCUT2D eigenvalue weighted by Gasteiger charge is 2.19. The Bertz CT molecular complexity index is 675. The fourth-order valence-corrected chi connectivity index (χ4v) is 2.13. The van der Waals surface area contributed by atoms with Crippen LogP contribution in [0.4, 0.5) is 5.82 Å². The van der Waals surface area contributed by atoms with Crippen molar-refractivity contribution in [3.63, 3.8) is 0 Å². The Morgan fingerprint density at radius 3 is 2.90 bits per heavy atom. The number of halogens is 1. The Kier molecular flexibility index (Phi) is 4.71. The molecule has 2 N–H and O–H groups in total. The Labute approximate surface area is 128 Å². The maximum Gasteiger partial charge on any atom is 0.253 e. The summed E-state index contributed by atoms with van der Waals surface area (Å²) in [5.41, 5.74) is 7.14. The lowest BCUT2D eigenvalue weighted by atomic mass is 10.2. The van der Waals surface area contributed by atoms with Crippen LogP contribution >= 0.6 is 11.6 Å². The molecule has 0 amide bonds. The first kappa shape index (κ1) is 15.2. The maximum absolute atomic E-state index is 9.22.